The van der Waals surface area contributed by atoms with E-state index in [1.165, 1.54) is 20.4 Å². The summed E-state index contributed by atoms with van der Waals surface area (Å²) >= 11 is 0. The van der Waals surface area contributed by atoms with Crippen LogP contribution in [-0.2, 0) is 10.9 Å². The van der Waals surface area contributed by atoms with Gasteiger partial charge in [0.15, 0.2) is 0 Å². The minimum Gasteiger partial charge on any atom is -0.495 e. The molecule has 0 bridgehead atoms. The van der Waals surface area contributed by atoms with Gasteiger partial charge in [-0.15, -0.1) is 0 Å². The van der Waals surface area contributed by atoms with Crippen molar-refractivity contribution >= 4 is 34.3 Å². The second-order valence-electron chi connectivity index (χ2n) is 6.90. The molecule has 0 saturated heterocycles. The van der Waals surface area contributed by atoms with Crippen LogP contribution in [0, 0.1) is 0 Å². The van der Waals surface area contributed by atoms with Crippen LogP contribution in [-0.4, -0.2) is 61.7 Å². The number of furan rings is 1. The van der Waals surface area contributed by atoms with Crippen LogP contribution >= 0.6 is 0 Å². The van der Waals surface area contributed by atoms with Gasteiger partial charge in [-0.25, -0.2) is 4.98 Å². The van der Waals surface area contributed by atoms with Crippen LogP contribution < -0.4 is 15.4 Å². The molecule has 0 aliphatic heterocycles. The Morgan fingerprint density at radius 3 is 2.64 bits per heavy atom. The Morgan fingerprint density at radius 1 is 1.27 bits per heavy atom. The Kier molecular flexibility index (Phi) is 7.26. The Hall–Kier alpha value is -3.54. The highest BCUT2D eigenvalue weighted by Crippen LogP contribution is 2.37. The Morgan fingerprint density at radius 2 is 2.03 bits per heavy atom. The predicted molar refractivity (Wildman–Crippen MR) is 116 cm³/mol. The number of carbonyl (C=O) groups excluding carboxylic acids is 1. The highest BCUT2D eigenvalue weighted by Gasteiger charge is 2.35. The fraction of sp³-hybridized carbons (Fsp3) is 0.381. The van der Waals surface area contributed by atoms with Crippen LogP contribution in [0.5, 0.6) is 5.75 Å². The molecule has 0 saturated carbocycles. The predicted octanol–water partition coefficient (Wildman–Crippen LogP) is 4.14. The number of aromatic nitrogens is 2. The SMILES string of the molecule is CCN(CCOC)C(=O)c1coc2cc(Nc3ncc(C(F)(F)F)c(NC)n3)c(OC)cc12. The molecule has 0 fully saturated rings. The molecule has 2 heterocycles. The molecule has 1 aromatic carbocycles. The first-order chi connectivity index (χ1) is 15.7. The number of nitrogens with zero attached hydrogens (tertiary/aromatic N) is 3. The number of benzene rings is 1. The summed E-state index contributed by atoms with van der Waals surface area (Å²) in [6.45, 7) is 3.18. The van der Waals surface area contributed by atoms with Crippen LogP contribution in [0.25, 0.3) is 11.0 Å². The third-order valence-corrected chi connectivity index (χ3v) is 4.94. The summed E-state index contributed by atoms with van der Waals surface area (Å²) in [7, 11) is 4.32. The van der Waals surface area contributed by atoms with Gasteiger partial charge in [0.25, 0.3) is 5.91 Å². The fourth-order valence-electron chi connectivity index (χ4n) is 3.22. The molecular weight excluding hydrogens is 443 g/mol. The summed E-state index contributed by atoms with van der Waals surface area (Å²) < 4.78 is 55.3. The molecular formula is C21H24F3N5O4. The summed E-state index contributed by atoms with van der Waals surface area (Å²) in [5, 5.41) is 5.79. The van der Waals surface area contributed by atoms with E-state index in [1.807, 2.05) is 6.92 Å². The maximum Gasteiger partial charge on any atom is 0.421 e. The van der Waals surface area contributed by atoms with Gasteiger partial charge in [-0.3, -0.25) is 4.79 Å². The number of hydrogen-bond acceptors (Lipinski definition) is 8. The summed E-state index contributed by atoms with van der Waals surface area (Å²) in [6, 6.07) is 3.18. The van der Waals surface area contributed by atoms with Gasteiger partial charge in [0.1, 0.15) is 29.0 Å². The van der Waals surface area contributed by atoms with Gasteiger partial charge >= 0.3 is 6.18 Å². The number of ether oxygens (including phenoxy) is 2. The van der Waals surface area contributed by atoms with Gasteiger partial charge < -0.3 is 29.4 Å². The molecule has 33 heavy (non-hydrogen) atoms. The average molecular weight is 467 g/mol. The van der Waals surface area contributed by atoms with Gasteiger partial charge in [-0.05, 0) is 13.0 Å². The van der Waals surface area contributed by atoms with Crippen molar-refractivity contribution < 1.29 is 31.9 Å². The quantitative estimate of drug-likeness (QED) is 0.484. The summed E-state index contributed by atoms with van der Waals surface area (Å²) in [5.41, 5.74) is 0.106. The van der Waals surface area contributed by atoms with Crippen molar-refractivity contribution in [1.29, 1.82) is 0 Å². The number of anilines is 3. The van der Waals surface area contributed by atoms with Crippen molar-refractivity contribution in [2.75, 3.05) is 51.6 Å². The molecule has 9 nitrogen and oxygen atoms in total. The van der Waals surface area contributed by atoms with E-state index in [9.17, 15) is 18.0 Å². The second kappa shape index (κ2) is 9.94. The standard InChI is InChI=1S/C21H24F3N5O4/c1-5-29(6-7-31-3)19(30)13-11-33-16-9-15(17(32-4)8-12(13)16)27-20-26-10-14(21(22,23)24)18(25-2)28-20/h8-11H,5-7H2,1-4H3,(H2,25,26,27,28). The number of alkyl halides is 3. The summed E-state index contributed by atoms with van der Waals surface area (Å²) in [4.78, 5) is 22.2. The van der Waals surface area contributed by atoms with Crippen molar-refractivity contribution in [2.45, 2.75) is 13.1 Å². The van der Waals surface area contributed by atoms with Crippen LogP contribution in [0.1, 0.15) is 22.8 Å². The van der Waals surface area contributed by atoms with E-state index < -0.39 is 11.7 Å². The van der Waals surface area contributed by atoms with Gasteiger partial charge in [0.2, 0.25) is 5.95 Å². The van der Waals surface area contributed by atoms with Crippen molar-refractivity contribution in [2.24, 2.45) is 0 Å². The first-order valence-corrected chi connectivity index (χ1v) is 9.99. The molecule has 0 aliphatic carbocycles. The van der Waals surface area contributed by atoms with Crippen LogP contribution in [0.4, 0.5) is 30.6 Å². The molecule has 0 unspecified atom stereocenters. The van der Waals surface area contributed by atoms with Crippen LogP contribution in [0.2, 0.25) is 0 Å². The van der Waals surface area contributed by atoms with Crippen molar-refractivity contribution in [3.63, 3.8) is 0 Å². The van der Waals surface area contributed by atoms with E-state index in [1.54, 1.807) is 24.1 Å². The smallest absolute Gasteiger partial charge is 0.421 e. The van der Waals surface area contributed by atoms with Gasteiger partial charge in [-0.1, -0.05) is 0 Å². The topological polar surface area (TPSA) is 102 Å². The van der Waals surface area contributed by atoms with E-state index in [4.69, 9.17) is 13.9 Å². The fourth-order valence-corrected chi connectivity index (χ4v) is 3.22. The summed E-state index contributed by atoms with van der Waals surface area (Å²) in [5.74, 6) is -0.348. The first-order valence-electron chi connectivity index (χ1n) is 9.99. The van der Waals surface area contributed by atoms with E-state index in [0.717, 1.165) is 0 Å². The summed E-state index contributed by atoms with van der Waals surface area (Å²) in [6.07, 6.45) is -2.55. The Labute approximate surface area is 187 Å². The molecule has 0 radical (unpaired) electrons. The van der Waals surface area contributed by atoms with Gasteiger partial charge in [-0.2, -0.15) is 18.2 Å². The molecule has 3 aromatic rings. The number of amides is 1. The molecule has 0 spiro atoms. The Bertz CT molecular complexity index is 1130. The third-order valence-electron chi connectivity index (χ3n) is 4.94. The van der Waals surface area contributed by atoms with Crippen molar-refractivity contribution in [1.82, 2.24) is 14.9 Å². The van der Waals surface area contributed by atoms with Crippen molar-refractivity contribution in [3.8, 4) is 5.75 Å². The van der Waals surface area contributed by atoms with Crippen LogP contribution in [0.3, 0.4) is 0 Å². The van der Waals surface area contributed by atoms with E-state index in [0.29, 0.717) is 53.9 Å². The van der Waals surface area contributed by atoms with Gasteiger partial charge in [0.05, 0.1) is 25.0 Å². The van der Waals surface area contributed by atoms with E-state index in [2.05, 4.69) is 20.6 Å². The van der Waals surface area contributed by atoms with Crippen molar-refractivity contribution in [3.05, 3.63) is 35.7 Å². The second-order valence-corrected chi connectivity index (χ2v) is 6.90. The average Bonchev–Trinajstić information content (AvgIpc) is 3.20. The highest BCUT2D eigenvalue weighted by molar-refractivity contribution is 6.07. The minimum atomic E-state index is -4.60. The number of likely N-dealkylation sites (N-methyl/N-ethyl adjacent to an activating group) is 1. The normalized spacial score (nSPS) is 11.5. The lowest BCUT2D eigenvalue weighted by Crippen LogP contribution is -2.33. The zero-order valence-corrected chi connectivity index (χ0v) is 18.5. The lowest BCUT2D eigenvalue weighted by atomic mass is 10.1. The molecule has 0 aliphatic rings. The largest absolute Gasteiger partial charge is 0.495 e. The Balaban J connectivity index is 1.95. The lowest BCUT2D eigenvalue weighted by Gasteiger charge is -2.19. The number of carbonyl (C=O) groups is 1. The number of rotatable bonds is 9. The van der Waals surface area contributed by atoms with E-state index in [-0.39, 0.29) is 17.7 Å². The lowest BCUT2D eigenvalue weighted by molar-refractivity contribution is -0.137. The number of fused-ring (bicyclic) bond motifs is 1. The van der Waals surface area contributed by atoms with Gasteiger partial charge in [0, 0.05) is 44.9 Å². The molecule has 0 atom stereocenters. The molecule has 1 amide bonds. The molecule has 3 rings (SSSR count). The number of nitrogens with one attached hydrogen (secondary N) is 2. The maximum atomic E-state index is 13.1. The molecule has 2 N–H and O–H groups in total. The number of methoxy groups -OCH3 is 2. The molecule has 12 heteroatoms. The van der Waals surface area contributed by atoms with E-state index >= 15 is 0 Å². The monoisotopic (exact) mass is 467 g/mol. The maximum absolute atomic E-state index is 13.1. The zero-order chi connectivity index (χ0) is 24.2. The number of hydrogen-bond donors (Lipinski definition) is 2. The first kappa shape index (κ1) is 24.1. The highest BCUT2D eigenvalue weighted by atomic mass is 19.4. The minimum absolute atomic E-state index is 0.0791. The zero-order valence-electron chi connectivity index (χ0n) is 18.5. The number of halogens is 3. The van der Waals surface area contributed by atoms with Crippen LogP contribution in [0.15, 0.2) is 29.0 Å². The third kappa shape index (κ3) is 5.11. The molecule has 2 aromatic heterocycles. The molecule has 178 valence electrons.